The molecule has 8 heteroatoms. The summed E-state index contributed by atoms with van der Waals surface area (Å²) in [6, 6.07) is 19.9. The van der Waals surface area contributed by atoms with Crippen LogP contribution in [0.4, 0.5) is 4.39 Å². The van der Waals surface area contributed by atoms with Gasteiger partial charge in [-0.25, -0.2) is 12.8 Å². The van der Waals surface area contributed by atoms with Gasteiger partial charge < -0.3 is 9.84 Å². The Morgan fingerprint density at radius 1 is 1.03 bits per heavy atom. The summed E-state index contributed by atoms with van der Waals surface area (Å²) in [5, 5.41) is 9.31. The summed E-state index contributed by atoms with van der Waals surface area (Å²) in [5.74, 6) is -1.00. The van der Waals surface area contributed by atoms with E-state index in [1.54, 1.807) is 6.07 Å². The van der Waals surface area contributed by atoms with Crippen molar-refractivity contribution < 1.29 is 27.4 Å². The van der Waals surface area contributed by atoms with Crippen LogP contribution in [0.2, 0.25) is 0 Å². The van der Waals surface area contributed by atoms with E-state index in [-0.39, 0.29) is 23.8 Å². The Morgan fingerprint density at radius 3 is 2.47 bits per heavy atom. The van der Waals surface area contributed by atoms with E-state index >= 15 is 0 Å². The number of halogens is 1. The number of nitrogens with zero attached hydrogens (tertiary/aromatic N) is 1. The quantitative estimate of drug-likeness (QED) is 0.506. The highest BCUT2D eigenvalue weighted by atomic mass is 32.2. The second-order valence-corrected chi connectivity index (χ2v) is 10.3. The monoisotopic (exact) mass is 483 g/mol. The van der Waals surface area contributed by atoms with Gasteiger partial charge in [-0.2, -0.15) is 4.31 Å². The molecule has 1 unspecified atom stereocenters. The van der Waals surface area contributed by atoms with Crippen LogP contribution >= 0.6 is 0 Å². The predicted molar refractivity (Wildman–Crippen MR) is 126 cm³/mol. The van der Waals surface area contributed by atoms with Crippen molar-refractivity contribution in [1.29, 1.82) is 0 Å². The zero-order chi connectivity index (χ0) is 24.1. The number of hydrogen-bond donors (Lipinski definition) is 1. The molecule has 1 saturated heterocycles. The highest BCUT2D eigenvalue weighted by Gasteiger charge is 2.31. The van der Waals surface area contributed by atoms with Gasteiger partial charge in [0.2, 0.25) is 10.0 Å². The number of carboxylic acids is 1. The number of rotatable bonds is 8. The molecule has 0 spiro atoms. The number of piperidine rings is 1. The van der Waals surface area contributed by atoms with Crippen molar-refractivity contribution in [3.8, 4) is 5.75 Å². The second-order valence-electron chi connectivity index (χ2n) is 8.41. The fourth-order valence-electron chi connectivity index (χ4n) is 4.21. The first-order valence-corrected chi connectivity index (χ1v) is 12.5. The first-order chi connectivity index (χ1) is 16.3. The third-order valence-electron chi connectivity index (χ3n) is 5.90. The molecule has 4 rings (SSSR count). The smallest absolute Gasteiger partial charge is 0.307 e. The molecule has 6 nitrogen and oxygen atoms in total. The maximum Gasteiger partial charge on any atom is 0.307 e. The minimum atomic E-state index is -3.76. The number of carbonyl (C=O) groups is 1. The van der Waals surface area contributed by atoms with Gasteiger partial charge in [0, 0.05) is 13.1 Å². The lowest BCUT2D eigenvalue weighted by Gasteiger charge is -2.32. The normalized spacial score (nSPS) is 16.8. The van der Waals surface area contributed by atoms with Crippen LogP contribution in [0.25, 0.3) is 0 Å². The van der Waals surface area contributed by atoms with Gasteiger partial charge in [-0.3, -0.25) is 4.79 Å². The maximum atomic E-state index is 13.3. The highest BCUT2D eigenvalue weighted by Crippen LogP contribution is 2.33. The third kappa shape index (κ3) is 5.81. The molecule has 0 bridgehead atoms. The molecule has 0 amide bonds. The lowest BCUT2D eigenvalue weighted by atomic mass is 9.90. The van der Waals surface area contributed by atoms with Gasteiger partial charge >= 0.3 is 5.97 Å². The van der Waals surface area contributed by atoms with Crippen LogP contribution in [0.5, 0.6) is 5.75 Å². The van der Waals surface area contributed by atoms with E-state index in [0.29, 0.717) is 30.9 Å². The van der Waals surface area contributed by atoms with Crippen molar-refractivity contribution in [2.45, 2.75) is 36.7 Å². The number of benzene rings is 3. The molecule has 34 heavy (non-hydrogen) atoms. The molecular formula is C26H26FNO5S. The van der Waals surface area contributed by atoms with Crippen molar-refractivity contribution in [2.24, 2.45) is 0 Å². The summed E-state index contributed by atoms with van der Waals surface area (Å²) in [4.78, 5) is 11.4. The van der Waals surface area contributed by atoms with E-state index in [4.69, 9.17) is 4.74 Å². The van der Waals surface area contributed by atoms with Crippen molar-refractivity contribution in [3.63, 3.8) is 0 Å². The SMILES string of the molecule is O=C(O)Cc1cc(OCc2ccccc2)cc(C2CCCN(S(=O)(=O)c3ccc(F)cc3)C2)c1. The van der Waals surface area contributed by atoms with E-state index < -0.39 is 21.8 Å². The first-order valence-electron chi connectivity index (χ1n) is 11.1. The lowest BCUT2D eigenvalue weighted by molar-refractivity contribution is -0.136. The summed E-state index contributed by atoms with van der Waals surface area (Å²) < 4.78 is 46.9. The maximum absolute atomic E-state index is 13.3. The summed E-state index contributed by atoms with van der Waals surface area (Å²) in [7, 11) is -3.76. The van der Waals surface area contributed by atoms with Crippen LogP contribution in [-0.2, 0) is 27.8 Å². The Hall–Kier alpha value is -3.23. The van der Waals surface area contributed by atoms with Gasteiger partial charge in [0.25, 0.3) is 0 Å². The molecule has 1 fully saturated rings. The van der Waals surface area contributed by atoms with Crippen LogP contribution in [0.3, 0.4) is 0 Å². The molecule has 178 valence electrons. The minimum absolute atomic E-state index is 0.0565. The number of sulfonamides is 1. The molecule has 1 N–H and O–H groups in total. The average Bonchev–Trinajstić information content (AvgIpc) is 2.83. The molecule has 1 heterocycles. The molecule has 1 aliphatic heterocycles. The van der Waals surface area contributed by atoms with E-state index in [1.807, 2.05) is 42.5 Å². The summed E-state index contributed by atoms with van der Waals surface area (Å²) in [5.41, 5.74) is 2.44. The molecule has 0 aliphatic carbocycles. The molecule has 0 saturated carbocycles. The van der Waals surface area contributed by atoms with Crippen LogP contribution < -0.4 is 4.74 Å². The largest absolute Gasteiger partial charge is 0.489 e. The summed E-state index contributed by atoms with van der Waals surface area (Å²) >= 11 is 0. The molecule has 3 aromatic carbocycles. The standard InChI is InChI=1S/C26H26FNO5S/c27-23-8-10-25(11-9-23)34(31,32)28-12-4-7-21(17-28)22-13-20(15-26(29)30)14-24(16-22)33-18-19-5-2-1-3-6-19/h1-3,5-6,8-11,13-14,16,21H,4,7,12,15,17-18H2,(H,29,30). The van der Waals surface area contributed by atoms with Gasteiger partial charge in [-0.05, 0) is 71.8 Å². The van der Waals surface area contributed by atoms with Gasteiger partial charge in [0.1, 0.15) is 18.2 Å². The molecule has 1 atom stereocenters. The Morgan fingerprint density at radius 2 is 1.76 bits per heavy atom. The average molecular weight is 484 g/mol. The van der Waals surface area contributed by atoms with Gasteiger partial charge in [-0.1, -0.05) is 36.4 Å². The van der Waals surface area contributed by atoms with E-state index in [2.05, 4.69) is 0 Å². The Bertz CT molecular complexity index is 1250. The summed E-state index contributed by atoms with van der Waals surface area (Å²) in [6.07, 6.45) is 1.28. The number of aliphatic carboxylic acids is 1. The topological polar surface area (TPSA) is 83.9 Å². The van der Waals surface area contributed by atoms with Crippen molar-refractivity contribution in [3.05, 3.63) is 95.3 Å². The zero-order valence-corrected chi connectivity index (χ0v) is 19.4. The fourth-order valence-corrected chi connectivity index (χ4v) is 5.73. The number of ether oxygens (including phenoxy) is 1. The molecule has 1 aliphatic rings. The van der Waals surface area contributed by atoms with E-state index in [1.165, 1.54) is 16.4 Å². The Balaban J connectivity index is 1.57. The van der Waals surface area contributed by atoms with Gasteiger partial charge in [0.15, 0.2) is 0 Å². The predicted octanol–water partition coefficient (Wildman–Crippen LogP) is 4.60. The van der Waals surface area contributed by atoms with Crippen LogP contribution in [0, 0.1) is 5.82 Å². The van der Waals surface area contributed by atoms with Crippen LogP contribution in [-0.4, -0.2) is 36.9 Å². The molecular weight excluding hydrogens is 457 g/mol. The fraction of sp³-hybridized carbons (Fsp3) is 0.269. The summed E-state index contributed by atoms with van der Waals surface area (Å²) in [6.45, 7) is 0.975. The van der Waals surface area contributed by atoms with Gasteiger partial charge in [0.05, 0.1) is 11.3 Å². The minimum Gasteiger partial charge on any atom is -0.489 e. The van der Waals surface area contributed by atoms with Crippen LogP contribution in [0.1, 0.15) is 35.4 Å². The molecule has 3 aromatic rings. The highest BCUT2D eigenvalue weighted by molar-refractivity contribution is 7.89. The van der Waals surface area contributed by atoms with E-state index in [9.17, 15) is 22.7 Å². The first kappa shape index (κ1) is 23.9. The van der Waals surface area contributed by atoms with Gasteiger partial charge in [-0.15, -0.1) is 0 Å². The van der Waals surface area contributed by atoms with Crippen LogP contribution in [0.15, 0.2) is 77.7 Å². The van der Waals surface area contributed by atoms with Crippen molar-refractivity contribution in [2.75, 3.05) is 13.1 Å². The number of carboxylic acid groups (broad SMARTS) is 1. The zero-order valence-electron chi connectivity index (χ0n) is 18.6. The molecule has 0 radical (unpaired) electrons. The van der Waals surface area contributed by atoms with E-state index in [0.717, 1.165) is 29.7 Å². The van der Waals surface area contributed by atoms with Crippen molar-refractivity contribution >= 4 is 16.0 Å². The lowest BCUT2D eigenvalue weighted by Crippen LogP contribution is -2.39. The Labute approximate surface area is 198 Å². The number of hydrogen-bond acceptors (Lipinski definition) is 4. The third-order valence-corrected chi connectivity index (χ3v) is 7.78. The van der Waals surface area contributed by atoms with Crippen molar-refractivity contribution in [1.82, 2.24) is 4.31 Å². The Kier molecular flexibility index (Phi) is 7.29. The molecule has 0 aromatic heterocycles. The second kappa shape index (κ2) is 10.4.